The molecule has 0 radical (unpaired) electrons. The van der Waals surface area contributed by atoms with Crippen LogP contribution in [-0.4, -0.2) is 58.4 Å². The lowest BCUT2D eigenvalue weighted by molar-refractivity contribution is -0.141. The number of amides is 5. The van der Waals surface area contributed by atoms with E-state index in [1.807, 2.05) is 36.4 Å². The molecule has 12 heteroatoms. The number of Topliss-reactive ketones (excluding diaryl/α,β-unsaturated/α-hetero) is 1. The van der Waals surface area contributed by atoms with E-state index >= 15 is 0 Å². The second-order valence-electron chi connectivity index (χ2n) is 10.8. The molecular weight excluding hydrogens is 576 g/mol. The first-order valence-electron chi connectivity index (χ1n) is 14.5. The topological polar surface area (TPSA) is 175 Å². The molecule has 1 aromatic heterocycles. The molecule has 3 rings (SSSR count). The van der Waals surface area contributed by atoms with E-state index in [-0.39, 0.29) is 30.3 Å². The molecular formula is C33H38N6O6. The van der Waals surface area contributed by atoms with E-state index in [0.717, 1.165) is 11.1 Å². The van der Waals surface area contributed by atoms with Crippen LogP contribution in [0.5, 0.6) is 0 Å². The summed E-state index contributed by atoms with van der Waals surface area (Å²) in [5.41, 5.74) is 1.74. The first kappa shape index (κ1) is 34.1. The molecule has 1 heterocycles. The van der Waals surface area contributed by atoms with Crippen molar-refractivity contribution in [3.8, 4) is 0 Å². The van der Waals surface area contributed by atoms with Crippen molar-refractivity contribution in [1.82, 2.24) is 26.3 Å². The van der Waals surface area contributed by atoms with E-state index < -0.39 is 53.5 Å². The molecule has 0 aliphatic heterocycles. The van der Waals surface area contributed by atoms with Gasteiger partial charge in [-0.3, -0.25) is 28.8 Å². The summed E-state index contributed by atoms with van der Waals surface area (Å²) >= 11 is 0. The SMILES string of the molecule is CC(=O)Nc1ccc(C(=O)N[C@@H](Cc2ccccc2)C(=O)N[C@@H](C)C(=O)N[C@H](C(=O)C(=O)NCc2ccccc2)C(C)C)cn1. The molecule has 0 fully saturated rings. The maximum absolute atomic E-state index is 13.4. The Balaban J connectivity index is 1.66. The van der Waals surface area contributed by atoms with Crippen LogP contribution in [0, 0.1) is 5.92 Å². The minimum atomic E-state index is -1.12. The number of nitrogens with one attached hydrogen (secondary N) is 5. The first-order chi connectivity index (χ1) is 21.4. The van der Waals surface area contributed by atoms with Gasteiger partial charge in [0.2, 0.25) is 23.5 Å². The highest BCUT2D eigenvalue weighted by Gasteiger charge is 2.32. The Kier molecular flexibility index (Phi) is 12.5. The Bertz CT molecular complexity index is 1500. The molecule has 3 aromatic rings. The minimum absolute atomic E-state index is 0.124. The lowest BCUT2D eigenvalue weighted by Gasteiger charge is -2.25. The van der Waals surface area contributed by atoms with Gasteiger partial charge in [-0.2, -0.15) is 0 Å². The van der Waals surface area contributed by atoms with Crippen molar-refractivity contribution in [2.75, 3.05) is 5.32 Å². The van der Waals surface area contributed by atoms with Gasteiger partial charge in [-0.1, -0.05) is 74.5 Å². The second kappa shape index (κ2) is 16.5. The van der Waals surface area contributed by atoms with Crippen LogP contribution in [0.3, 0.4) is 0 Å². The number of anilines is 1. The predicted octanol–water partition coefficient (Wildman–Crippen LogP) is 1.91. The molecule has 0 saturated heterocycles. The van der Waals surface area contributed by atoms with Gasteiger partial charge in [0, 0.05) is 26.1 Å². The largest absolute Gasteiger partial charge is 0.345 e. The van der Waals surface area contributed by atoms with Crippen LogP contribution in [0.15, 0.2) is 79.0 Å². The van der Waals surface area contributed by atoms with E-state index in [1.165, 1.54) is 32.2 Å². The van der Waals surface area contributed by atoms with E-state index in [1.54, 1.807) is 38.1 Å². The Labute approximate surface area is 261 Å². The van der Waals surface area contributed by atoms with Crippen molar-refractivity contribution < 1.29 is 28.8 Å². The molecule has 0 aliphatic carbocycles. The van der Waals surface area contributed by atoms with Crippen LogP contribution in [0.2, 0.25) is 0 Å². The summed E-state index contributed by atoms with van der Waals surface area (Å²) in [5, 5.41) is 13.0. The van der Waals surface area contributed by atoms with Crippen LogP contribution >= 0.6 is 0 Å². The van der Waals surface area contributed by atoms with Crippen molar-refractivity contribution in [2.24, 2.45) is 5.92 Å². The van der Waals surface area contributed by atoms with Crippen molar-refractivity contribution in [2.45, 2.75) is 58.8 Å². The fourth-order valence-electron chi connectivity index (χ4n) is 4.28. The summed E-state index contributed by atoms with van der Waals surface area (Å²) in [6.45, 7) is 6.32. The molecule has 5 N–H and O–H groups in total. The second-order valence-corrected chi connectivity index (χ2v) is 10.8. The molecule has 0 spiro atoms. The van der Waals surface area contributed by atoms with E-state index in [2.05, 4.69) is 31.6 Å². The molecule has 0 aliphatic rings. The Morgan fingerprint density at radius 1 is 0.733 bits per heavy atom. The summed E-state index contributed by atoms with van der Waals surface area (Å²) in [6, 6.07) is 17.7. The smallest absolute Gasteiger partial charge is 0.289 e. The maximum atomic E-state index is 13.4. The van der Waals surface area contributed by atoms with Crippen molar-refractivity contribution in [3.63, 3.8) is 0 Å². The Morgan fingerprint density at radius 3 is 1.91 bits per heavy atom. The van der Waals surface area contributed by atoms with Crippen LogP contribution in [0.25, 0.3) is 0 Å². The monoisotopic (exact) mass is 614 g/mol. The van der Waals surface area contributed by atoms with Crippen LogP contribution in [-0.2, 0) is 36.9 Å². The number of hydrogen-bond acceptors (Lipinski definition) is 7. The van der Waals surface area contributed by atoms with Crippen molar-refractivity contribution in [3.05, 3.63) is 95.7 Å². The zero-order chi connectivity index (χ0) is 32.9. The molecule has 2 aromatic carbocycles. The van der Waals surface area contributed by atoms with Crippen molar-refractivity contribution >= 4 is 41.1 Å². The molecule has 3 atom stereocenters. The molecule has 236 valence electrons. The van der Waals surface area contributed by atoms with E-state index in [0.29, 0.717) is 0 Å². The zero-order valence-electron chi connectivity index (χ0n) is 25.6. The summed E-state index contributed by atoms with van der Waals surface area (Å²) in [5.74, 6) is -3.99. The zero-order valence-corrected chi connectivity index (χ0v) is 25.6. The van der Waals surface area contributed by atoms with Gasteiger partial charge < -0.3 is 26.6 Å². The average Bonchev–Trinajstić information content (AvgIpc) is 3.02. The number of pyridine rings is 1. The van der Waals surface area contributed by atoms with Gasteiger partial charge in [-0.15, -0.1) is 0 Å². The first-order valence-corrected chi connectivity index (χ1v) is 14.5. The summed E-state index contributed by atoms with van der Waals surface area (Å²) in [4.78, 5) is 80.3. The third-order valence-electron chi connectivity index (χ3n) is 6.75. The predicted molar refractivity (Wildman–Crippen MR) is 168 cm³/mol. The van der Waals surface area contributed by atoms with Crippen LogP contribution in [0.1, 0.15) is 49.2 Å². The quantitative estimate of drug-likeness (QED) is 0.172. The highest BCUT2D eigenvalue weighted by Crippen LogP contribution is 2.09. The number of hydrogen-bond donors (Lipinski definition) is 5. The highest BCUT2D eigenvalue weighted by molar-refractivity contribution is 6.38. The third kappa shape index (κ3) is 10.7. The fourth-order valence-corrected chi connectivity index (χ4v) is 4.28. The number of nitrogens with zero attached hydrogens (tertiary/aromatic N) is 1. The van der Waals surface area contributed by atoms with Gasteiger partial charge in [-0.05, 0) is 36.1 Å². The van der Waals surface area contributed by atoms with Crippen LogP contribution < -0.4 is 26.6 Å². The van der Waals surface area contributed by atoms with Gasteiger partial charge in [0.15, 0.2) is 0 Å². The Hall–Kier alpha value is -5.39. The Morgan fingerprint density at radius 2 is 1.36 bits per heavy atom. The standard InChI is InChI=1S/C33H38N6O6/c1-20(2)28(29(41)33(45)35-18-24-13-9-6-10-14-24)39-30(42)21(3)36-32(44)26(17-23-11-7-5-8-12-23)38-31(43)25-15-16-27(34-19-25)37-22(4)40/h5-16,19-21,26,28H,17-18H2,1-4H3,(H,35,45)(H,36,44)(H,38,43)(H,39,42)(H,34,37,40)/t21-,26-,28-/m0/s1. The van der Waals surface area contributed by atoms with Crippen LogP contribution in [0.4, 0.5) is 5.82 Å². The molecule has 45 heavy (non-hydrogen) atoms. The summed E-state index contributed by atoms with van der Waals surface area (Å²) < 4.78 is 0. The van der Waals surface area contributed by atoms with Gasteiger partial charge in [0.25, 0.3) is 11.8 Å². The summed E-state index contributed by atoms with van der Waals surface area (Å²) in [7, 11) is 0. The molecule has 5 amide bonds. The normalized spacial score (nSPS) is 12.6. The lowest BCUT2D eigenvalue weighted by Crippen LogP contribution is -2.57. The van der Waals surface area contributed by atoms with E-state index in [9.17, 15) is 28.8 Å². The molecule has 0 saturated carbocycles. The van der Waals surface area contributed by atoms with Gasteiger partial charge in [-0.25, -0.2) is 4.98 Å². The van der Waals surface area contributed by atoms with Gasteiger partial charge >= 0.3 is 0 Å². The van der Waals surface area contributed by atoms with Gasteiger partial charge in [0.05, 0.1) is 11.6 Å². The molecule has 12 nitrogen and oxygen atoms in total. The fraction of sp³-hybridized carbons (Fsp3) is 0.303. The summed E-state index contributed by atoms with van der Waals surface area (Å²) in [6.07, 6.45) is 1.39. The van der Waals surface area contributed by atoms with Crippen molar-refractivity contribution in [1.29, 1.82) is 0 Å². The highest BCUT2D eigenvalue weighted by atomic mass is 16.2. The van der Waals surface area contributed by atoms with Gasteiger partial charge in [0.1, 0.15) is 17.9 Å². The number of benzene rings is 2. The number of rotatable bonds is 14. The molecule has 0 bridgehead atoms. The number of carbonyl (C=O) groups excluding carboxylic acids is 6. The minimum Gasteiger partial charge on any atom is -0.345 e. The number of aromatic nitrogens is 1. The number of carbonyl (C=O) groups is 6. The lowest BCUT2D eigenvalue weighted by atomic mass is 9.98. The number of ketones is 1. The average molecular weight is 615 g/mol. The van der Waals surface area contributed by atoms with E-state index in [4.69, 9.17) is 0 Å². The maximum Gasteiger partial charge on any atom is 0.289 e. The molecule has 0 unspecified atom stereocenters. The third-order valence-corrected chi connectivity index (χ3v) is 6.75.